The molecule has 0 heterocycles. The molecule has 0 fully saturated rings. The zero-order valence-electron chi connectivity index (χ0n) is 9.80. The molecule has 2 N–H and O–H groups in total. The minimum absolute atomic E-state index is 0.0576. The van der Waals surface area contributed by atoms with E-state index in [1.54, 1.807) is 0 Å². The number of nitrogen functional groups attached to an aromatic ring is 1. The molecule has 0 aliphatic carbocycles. The summed E-state index contributed by atoms with van der Waals surface area (Å²) in [4.78, 5) is 3.97. The van der Waals surface area contributed by atoms with Crippen molar-refractivity contribution in [3.05, 3.63) is 23.0 Å². The van der Waals surface area contributed by atoms with Gasteiger partial charge in [0.15, 0.2) is 0 Å². The monoisotopic (exact) mass is 245 g/mol. The summed E-state index contributed by atoms with van der Waals surface area (Å²) in [7, 11) is 5.85. The largest absolute Gasteiger partial charge is 0.397 e. The number of nitrogens with two attached hydrogens (primary N) is 1. The van der Waals surface area contributed by atoms with Gasteiger partial charge in [0.25, 0.3) is 0 Å². The second-order valence-electron chi connectivity index (χ2n) is 4.05. The van der Waals surface area contributed by atoms with Gasteiger partial charge in [-0.25, -0.2) is 4.39 Å². The van der Waals surface area contributed by atoms with E-state index in [0.29, 0.717) is 11.4 Å². The van der Waals surface area contributed by atoms with Crippen molar-refractivity contribution < 1.29 is 4.39 Å². The van der Waals surface area contributed by atoms with Crippen molar-refractivity contribution in [2.24, 2.45) is 0 Å². The molecule has 0 spiro atoms. The molecule has 1 aromatic carbocycles. The van der Waals surface area contributed by atoms with Crippen LogP contribution in [0.3, 0.4) is 0 Å². The SMILES string of the molecule is CN(C)CCN(C)c1cc(F)c(Cl)cc1N. The first kappa shape index (κ1) is 13.1. The highest BCUT2D eigenvalue weighted by Gasteiger charge is 2.10. The number of benzene rings is 1. The average Bonchev–Trinajstić information content (AvgIpc) is 2.20. The maximum atomic E-state index is 13.3. The Morgan fingerprint density at radius 2 is 1.88 bits per heavy atom. The van der Waals surface area contributed by atoms with Crippen LogP contribution in [0.1, 0.15) is 0 Å². The number of likely N-dealkylation sites (N-methyl/N-ethyl adjacent to an activating group) is 2. The molecular formula is C11H17ClFN3. The van der Waals surface area contributed by atoms with Crippen molar-refractivity contribution in [2.45, 2.75) is 0 Å². The van der Waals surface area contributed by atoms with Crippen LogP contribution in [0.2, 0.25) is 5.02 Å². The predicted octanol–water partition coefficient (Wildman–Crippen LogP) is 2.06. The Balaban J connectivity index is 2.82. The first-order valence-corrected chi connectivity index (χ1v) is 5.40. The summed E-state index contributed by atoms with van der Waals surface area (Å²) in [5, 5.41) is 0.0576. The van der Waals surface area contributed by atoms with Crippen LogP contribution in [-0.2, 0) is 0 Å². The Labute approximate surface area is 101 Å². The van der Waals surface area contributed by atoms with Crippen LogP contribution >= 0.6 is 11.6 Å². The molecule has 1 aromatic rings. The third kappa shape index (κ3) is 3.25. The van der Waals surface area contributed by atoms with Crippen molar-refractivity contribution in [2.75, 3.05) is 44.9 Å². The van der Waals surface area contributed by atoms with E-state index in [0.717, 1.165) is 13.1 Å². The van der Waals surface area contributed by atoms with E-state index >= 15 is 0 Å². The molecule has 0 aliphatic heterocycles. The Morgan fingerprint density at radius 3 is 2.44 bits per heavy atom. The maximum absolute atomic E-state index is 13.3. The van der Waals surface area contributed by atoms with E-state index in [2.05, 4.69) is 4.90 Å². The number of rotatable bonds is 4. The van der Waals surface area contributed by atoms with Crippen LogP contribution in [0, 0.1) is 5.82 Å². The Kier molecular flexibility index (Phi) is 4.38. The molecule has 0 unspecified atom stereocenters. The summed E-state index contributed by atoms with van der Waals surface area (Å²) < 4.78 is 13.3. The van der Waals surface area contributed by atoms with Crippen molar-refractivity contribution in [1.82, 2.24) is 4.90 Å². The third-order valence-corrected chi connectivity index (χ3v) is 2.65. The van der Waals surface area contributed by atoms with E-state index in [9.17, 15) is 4.39 Å². The van der Waals surface area contributed by atoms with Gasteiger partial charge in [-0.1, -0.05) is 11.6 Å². The van der Waals surface area contributed by atoms with E-state index < -0.39 is 5.82 Å². The lowest BCUT2D eigenvalue weighted by atomic mass is 10.2. The second-order valence-corrected chi connectivity index (χ2v) is 4.46. The van der Waals surface area contributed by atoms with Crippen LogP contribution < -0.4 is 10.6 Å². The highest BCUT2D eigenvalue weighted by molar-refractivity contribution is 6.31. The zero-order valence-corrected chi connectivity index (χ0v) is 10.6. The van der Waals surface area contributed by atoms with Crippen molar-refractivity contribution in [3.8, 4) is 0 Å². The number of halogens is 2. The average molecular weight is 246 g/mol. The molecule has 0 radical (unpaired) electrons. The van der Waals surface area contributed by atoms with Crippen LogP contribution in [0.15, 0.2) is 12.1 Å². The fourth-order valence-corrected chi connectivity index (χ4v) is 1.52. The Bertz CT molecular complexity index is 368. The molecule has 16 heavy (non-hydrogen) atoms. The lowest BCUT2D eigenvalue weighted by Crippen LogP contribution is -2.29. The van der Waals surface area contributed by atoms with Gasteiger partial charge in [0.2, 0.25) is 0 Å². The molecule has 0 bridgehead atoms. The molecule has 0 saturated heterocycles. The van der Waals surface area contributed by atoms with Crippen LogP contribution in [-0.4, -0.2) is 39.1 Å². The van der Waals surface area contributed by atoms with Gasteiger partial charge in [-0.3, -0.25) is 0 Å². The molecule has 0 saturated carbocycles. The smallest absolute Gasteiger partial charge is 0.144 e. The van der Waals surface area contributed by atoms with E-state index in [1.165, 1.54) is 12.1 Å². The first-order chi connectivity index (χ1) is 7.41. The summed E-state index contributed by atoms with van der Waals surface area (Å²) in [6, 6.07) is 2.81. The van der Waals surface area contributed by atoms with E-state index in [4.69, 9.17) is 17.3 Å². The fourth-order valence-electron chi connectivity index (χ4n) is 1.35. The normalized spacial score (nSPS) is 10.9. The van der Waals surface area contributed by atoms with Crippen LogP contribution in [0.4, 0.5) is 15.8 Å². The quantitative estimate of drug-likeness (QED) is 0.825. The lowest BCUT2D eigenvalue weighted by Gasteiger charge is -2.23. The first-order valence-electron chi connectivity index (χ1n) is 5.02. The third-order valence-electron chi connectivity index (χ3n) is 2.36. The molecule has 0 atom stereocenters. The van der Waals surface area contributed by atoms with Gasteiger partial charge in [0.05, 0.1) is 16.4 Å². The lowest BCUT2D eigenvalue weighted by molar-refractivity contribution is 0.416. The van der Waals surface area contributed by atoms with Gasteiger partial charge < -0.3 is 15.5 Å². The van der Waals surface area contributed by atoms with Gasteiger partial charge in [0, 0.05) is 26.2 Å². The number of hydrogen-bond acceptors (Lipinski definition) is 3. The number of nitrogens with zero attached hydrogens (tertiary/aromatic N) is 2. The zero-order chi connectivity index (χ0) is 12.3. The summed E-state index contributed by atoms with van der Waals surface area (Å²) in [6.07, 6.45) is 0. The van der Waals surface area contributed by atoms with Gasteiger partial charge >= 0.3 is 0 Å². The van der Waals surface area contributed by atoms with Crippen molar-refractivity contribution in [3.63, 3.8) is 0 Å². The van der Waals surface area contributed by atoms with E-state index in [1.807, 2.05) is 26.0 Å². The molecule has 5 heteroatoms. The predicted molar refractivity (Wildman–Crippen MR) is 67.6 cm³/mol. The van der Waals surface area contributed by atoms with Gasteiger partial charge in [-0.15, -0.1) is 0 Å². The molecule has 90 valence electrons. The van der Waals surface area contributed by atoms with Crippen LogP contribution in [0.5, 0.6) is 0 Å². The van der Waals surface area contributed by atoms with Gasteiger partial charge in [0.1, 0.15) is 5.82 Å². The molecule has 0 aliphatic rings. The van der Waals surface area contributed by atoms with Gasteiger partial charge in [-0.05, 0) is 20.2 Å². The summed E-state index contributed by atoms with van der Waals surface area (Å²) >= 11 is 5.64. The standard InChI is InChI=1S/C11H17ClFN3/c1-15(2)4-5-16(3)11-7-9(13)8(12)6-10(11)14/h6-7H,4-5,14H2,1-3H3. The highest BCUT2D eigenvalue weighted by atomic mass is 35.5. The molecule has 3 nitrogen and oxygen atoms in total. The molecular weight excluding hydrogens is 229 g/mol. The minimum atomic E-state index is -0.442. The summed E-state index contributed by atoms with van der Waals surface area (Å²) in [6.45, 7) is 1.65. The molecule has 1 rings (SSSR count). The Hall–Kier alpha value is -1.00. The highest BCUT2D eigenvalue weighted by Crippen LogP contribution is 2.28. The molecule has 0 aromatic heterocycles. The van der Waals surface area contributed by atoms with Gasteiger partial charge in [-0.2, -0.15) is 0 Å². The summed E-state index contributed by atoms with van der Waals surface area (Å²) in [5.74, 6) is -0.442. The van der Waals surface area contributed by atoms with Crippen molar-refractivity contribution in [1.29, 1.82) is 0 Å². The Morgan fingerprint density at radius 1 is 1.25 bits per heavy atom. The fraction of sp³-hybridized carbons (Fsp3) is 0.455. The molecule has 0 amide bonds. The summed E-state index contributed by atoms with van der Waals surface area (Å²) in [5.41, 5.74) is 6.95. The second kappa shape index (κ2) is 5.37. The topological polar surface area (TPSA) is 32.5 Å². The van der Waals surface area contributed by atoms with Crippen molar-refractivity contribution >= 4 is 23.0 Å². The van der Waals surface area contributed by atoms with E-state index in [-0.39, 0.29) is 5.02 Å². The maximum Gasteiger partial charge on any atom is 0.144 e. The minimum Gasteiger partial charge on any atom is -0.397 e. The number of anilines is 2. The number of hydrogen-bond donors (Lipinski definition) is 1. The van der Waals surface area contributed by atoms with Crippen LogP contribution in [0.25, 0.3) is 0 Å².